The number of benzene rings is 1. The molecule has 3 rings (SSSR count). The first-order valence-corrected chi connectivity index (χ1v) is 10.4. The molecule has 1 aromatic carbocycles. The van der Waals surface area contributed by atoms with E-state index < -0.39 is 10.0 Å². The molecule has 1 saturated heterocycles. The van der Waals surface area contributed by atoms with Crippen molar-refractivity contribution in [2.75, 3.05) is 26.2 Å². The van der Waals surface area contributed by atoms with Gasteiger partial charge < -0.3 is 5.32 Å². The molecule has 0 atom stereocenters. The fraction of sp³-hybridized carbons (Fsp3) is 0.471. The molecule has 1 aliphatic rings. The first-order valence-electron chi connectivity index (χ1n) is 8.87. The van der Waals surface area contributed by atoms with Crippen LogP contribution in [0.1, 0.15) is 24.4 Å². The second-order valence-corrected chi connectivity index (χ2v) is 8.23. The van der Waals surface area contributed by atoms with E-state index in [-0.39, 0.29) is 10.8 Å². The third-order valence-corrected chi connectivity index (χ3v) is 5.65. The number of primary sulfonamides is 1. The Hall–Kier alpha value is -2.30. The number of carbonyl (C=O) groups is 1. The van der Waals surface area contributed by atoms with E-state index in [9.17, 15) is 13.2 Å². The van der Waals surface area contributed by atoms with Gasteiger partial charge in [-0.1, -0.05) is 12.1 Å². The highest BCUT2D eigenvalue weighted by Gasteiger charge is 2.22. The van der Waals surface area contributed by atoms with Crippen LogP contribution in [0.5, 0.6) is 0 Å². The van der Waals surface area contributed by atoms with E-state index in [1.165, 1.54) is 12.1 Å². The summed E-state index contributed by atoms with van der Waals surface area (Å²) in [5.41, 5.74) is 0.941. The van der Waals surface area contributed by atoms with Crippen molar-refractivity contribution >= 4 is 15.9 Å². The molecule has 146 valence electrons. The number of amides is 1. The zero-order valence-electron chi connectivity index (χ0n) is 15.0. The Morgan fingerprint density at radius 2 is 1.93 bits per heavy atom. The second kappa shape index (κ2) is 8.59. The number of likely N-dealkylation sites (tertiary alicyclic amines) is 1. The third-order valence-electron chi connectivity index (χ3n) is 4.72. The zero-order chi connectivity index (χ0) is 19.3. The van der Waals surface area contributed by atoms with Gasteiger partial charge in [-0.2, -0.15) is 5.10 Å². The summed E-state index contributed by atoms with van der Waals surface area (Å²) in [7, 11) is -3.67. The van der Waals surface area contributed by atoms with E-state index in [1.54, 1.807) is 24.8 Å². The Morgan fingerprint density at radius 3 is 2.52 bits per heavy atom. The van der Waals surface area contributed by atoms with Gasteiger partial charge in [0.05, 0.1) is 17.5 Å². The van der Waals surface area contributed by atoms with Gasteiger partial charge in [-0.3, -0.25) is 9.69 Å². The van der Waals surface area contributed by atoms with Gasteiger partial charge in [0, 0.05) is 19.6 Å². The molecule has 3 N–H and O–H groups in total. The van der Waals surface area contributed by atoms with Crippen molar-refractivity contribution in [1.29, 1.82) is 0 Å². The number of rotatable bonds is 7. The fourth-order valence-corrected chi connectivity index (χ4v) is 3.71. The van der Waals surface area contributed by atoms with E-state index >= 15 is 0 Å². The van der Waals surface area contributed by atoms with Crippen molar-refractivity contribution in [2.45, 2.75) is 30.2 Å². The molecule has 1 aromatic heterocycles. The SMILES string of the molecule is NS(=O)(=O)c1ccc(CCNC(=O)CN2CCC(n3cncn3)CC2)cc1. The number of nitrogens with two attached hydrogens (primary N) is 1. The normalized spacial score (nSPS) is 16.3. The summed E-state index contributed by atoms with van der Waals surface area (Å²) in [6.07, 6.45) is 5.82. The lowest BCUT2D eigenvalue weighted by Crippen LogP contribution is -2.42. The first-order chi connectivity index (χ1) is 12.9. The van der Waals surface area contributed by atoms with Crippen LogP contribution >= 0.6 is 0 Å². The highest BCUT2D eigenvalue weighted by Crippen LogP contribution is 2.20. The molecule has 10 heteroatoms. The van der Waals surface area contributed by atoms with Gasteiger partial charge in [0.25, 0.3) is 0 Å². The largest absolute Gasteiger partial charge is 0.355 e. The number of nitrogens with zero attached hydrogens (tertiary/aromatic N) is 4. The van der Waals surface area contributed by atoms with Crippen LogP contribution in [0, 0.1) is 0 Å². The molecule has 1 aliphatic heterocycles. The predicted octanol–water partition coefficient (Wildman–Crippen LogP) is -0.0787. The molecule has 1 fully saturated rings. The van der Waals surface area contributed by atoms with Crippen molar-refractivity contribution in [3.63, 3.8) is 0 Å². The Labute approximate surface area is 158 Å². The summed E-state index contributed by atoms with van der Waals surface area (Å²) < 4.78 is 24.4. The molecule has 27 heavy (non-hydrogen) atoms. The molecule has 2 heterocycles. The molecule has 2 aromatic rings. The Bertz CT molecular complexity index is 843. The monoisotopic (exact) mass is 392 g/mol. The molecular weight excluding hydrogens is 368 g/mol. The van der Waals surface area contributed by atoms with Crippen LogP contribution in [-0.2, 0) is 21.2 Å². The van der Waals surface area contributed by atoms with Crippen molar-refractivity contribution < 1.29 is 13.2 Å². The highest BCUT2D eigenvalue weighted by molar-refractivity contribution is 7.89. The summed E-state index contributed by atoms with van der Waals surface area (Å²) in [6, 6.07) is 6.73. The molecule has 0 spiro atoms. The smallest absolute Gasteiger partial charge is 0.238 e. The van der Waals surface area contributed by atoms with E-state index in [0.29, 0.717) is 25.6 Å². The van der Waals surface area contributed by atoms with Crippen LogP contribution in [0.3, 0.4) is 0 Å². The van der Waals surface area contributed by atoms with Crippen LogP contribution in [0.25, 0.3) is 0 Å². The fourth-order valence-electron chi connectivity index (χ4n) is 3.20. The van der Waals surface area contributed by atoms with E-state index in [1.807, 2.05) is 4.68 Å². The lowest BCUT2D eigenvalue weighted by Gasteiger charge is -2.31. The quantitative estimate of drug-likeness (QED) is 0.679. The zero-order valence-corrected chi connectivity index (χ0v) is 15.8. The third kappa shape index (κ3) is 5.59. The molecule has 9 nitrogen and oxygen atoms in total. The van der Waals surface area contributed by atoms with Gasteiger partial charge in [0.2, 0.25) is 15.9 Å². The Balaban J connectivity index is 1.36. The van der Waals surface area contributed by atoms with Crippen molar-refractivity contribution in [1.82, 2.24) is 25.0 Å². The molecule has 0 saturated carbocycles. The average molecular weight is 392 g/mol. The molecule has 1 amide bonds. The van der Waals surface area contributed by atoms with E-state index in [4.69, 9.17) is 5.14 Å². The number of nitrogens with one attached hydrogen (secondary N) is 1. The van der Waals surface area contributed by atoms with Crippen molar-refractivity contribution in [3.8, 4) is 0 Å². The predicted molar refractivity (Wildman–Crippen MR) is 99.3 cm³/mol. The summed E-state index contributed by atoms with van der Waals surface area (Å²) in [4.78, 5) is 18.3. The topological polar surface area (TPSA) is 123 Å². The van der Waals surface area contributed by atoms with E-state index in [2.05, 4.69) is 20.3 Å². The van der Waals surface area contributed by atoms with Crippen molar-refractivity contribution in [2.24, 2.45) is 5.14 Å². The van der Waals surface area contributed by atoms with Gasteiger partial charge in [-0.05, 0) is 37.0 Å². The number of aromatic nitrogens is 3. The van der Waals surface area contributed by atoms with Crippen LogP contribution in [0.2, 0.25) is 0 Å². The molecule has 0 aliphatic carbocycles. The van der Waals surface area contributed by atoms with Crippen molar-refractivity contribution in [3.05, 3.63) is 42.5 Å². The molecule has 0 unspecified atom stereocenters. The highest BCUT2D eigenvalue weighted by atomic mass is 32.2. The van der Waals surface area contributed by atoms with Gasteiger partial charge in [-0.25, -0.2) is 23.2 Å². The summed E-state index contributed by atoms with van der Waals surface area (Å²) >= 11 is 0. The van der Waals surface area contributed by atoms with Gasteiger partial charge >= 0.3 is 0 Å². The lowest BCUT2D eigenvalue weighted by molar-refractivity contribution is -0.122. The van der Waals surface area contributed by atoms with Crippen LogP contribution in [-0.4, -0.2) is 60.2 Å². The summed E-state index contributed by atoms with van der Waals surface area (Å²) in [5.74, 6) is -0.00429. The maximum Gasteiger partial charge on any atom is 0.238 e. The first kappa shape index (κ1) is 19.5. The minimum absolute atomic E-state index is 0.00429. The number of hydrogen-bond acceptors (Lipinski definition) is 6. The number of sulfonamides is 1. The van der Waals surface area contributed by atoms with Gasteiger partial charge in [-0.15, -0.1) is 0 Å². The van der Waals surface area contributed by atoms with E-state index in [0.717, 1.165) is 31.5 Å². The number of carbonyl (C=O) groups excluding carboxylic acids is 1. The minimum atomic E-state index is -3.67. The van der Waals surface area contributed by atoms with Gasteiger partial charge in [0.15, 0.2) is 0 Å². The molecule has 0 bridgehead atoms. The number of piperidine rings is 1. The second-order valence-electron chi connectivity index (χ2n) is 6.67. The number of hydrogen-bond donors (Lipinski definition) is 2. The van der Waals surface area contributed by atoms with Crippen LogP contribution in [0.4, 0.5) is 0 Å². The maximum atomic E-state index is 12.1. The molecule has 0 radical (unpaired) electrons. The summed E-state index contributed by atoms with van der Waals surface area (Å²) in [5, 5.41) is 12.2. The van der Waals surface area contributed by atoms with Crippen LogP contribution in [0.15, 0.2) is 41.8 Å². The van der Waals surface area contributed by atoms with Crippen LogP contribution < -0.4 is 10.5 Å². The maximum absolute atomic E-state index is 12.1. The average Bonchev–Trinajstić information content (AvgIpc) is 3.17. The lowest BCUT2D eigenvalue weighted by atomic mass is 10.1. The minimum Gasteiger partial charge on any atom is -0.355 e. The summed E-state index contributed by atoms with van der Waals surface area (Å²) in [6.45, 7) is 2.59. The Morgan fingerprint density at radius 1 is 1.22 bits per heavy atom. The molecular formula is C17H24N6O3S. The van der Waals surface area contributed by atoms with Gasteiger partial charge in [0.1, 0.15) is 12.7 Å². The Kier molecular flexibility index (Phi) is 6.19. The standard InChI is InChI=1S/C17H24N6O3S/c18-27(25,26)16-3-1-14(2-4-16)5-8-20-17(24)11-22-9-6-15(7-10-22)23-13-19-12-21-23/h1-4,12-13,15H,5-11H2,(H,20,24)(H2,18,25,26).